The van der Waals surface area contributed by atoms with Crippen molar-refractivity contribution in [1.29, 1.82) is 0 Å². The SMILES string of the molecule is CCOc1ccccc1OCC(=O)NNC(=O)c1cnc2c(C)cccn2c1=O. The topological polar surface area (TPSA) is 111 Å². The first kappa shape index (κ1) is 19.9. The summed E-state index contributed by atoms with van der Waals surface area (Å²) in [5, 5.41) is 0. The monoisotopic (exact) mass is 396 g/mol. The van der Waals surface area contributed by atoms with Crippen LogP contribution >= 0.6 is 0 Å². The van der Waals surface area contributed by atoms with Crippen molar-refractivity contribution in [2.75, 3.05) is 13.2 Å². The van der Waals surface area contributed by atoms with Gasteiger partial charge in [0.15, 0.2) is 18.1 Å². The molecule has 1 aromatic carbocycles. The molecule has 3 aromatic rings. The van der Waals surface area contributed by atoms with Crippen LogP contribution in [-0.2, 0) is 4.79 Å². The van der Waals surface area contributed by atoms with Gasteiger partial charge in [0, 0.05) is 12.4 Å². The molecule has 2 N–H and O–H groups in total. The third-order valence-electron chi connectivity index (χ3n) is 4.00. The van der Waals surface area contributed by atoms with Gasteiger partial charge in [-0.1, -0.05) is 18.2 Å². The standard InChI is InChI=1S/C20H20N4O5/c1-3-28-15-8-4-5-9-16(15)29-12-17(25)22-23-19(26)14-11-21-18-13(2)7-6-10-24(18)20(14)27/h4-11H,3,12H2,1-2H3,(H,22,25)(H,23,26). The summed E-state index contributed by atoms with van der Waals surface area (Å²) in [7, 11) is 0. The number of hydrogen-bond acceptors (Lipinski definition) is 6. The number of hydrazine groups is 1. The summed E-state index contributed by atoms with van der Waals surface area (Å²) in [6.07, 6.45) is 2.71. The zero-order valence-corrected chi connectivity index (χ0v) is 16.0. The molecule has 150 valence electrons. The van der Waals surface area contributed by atoms with E-state index in [0.29, 0.717) is 23.8 Å². The van der Waals surface area contributed by atoms with Crippen molar-refractivity contribution in [1.82, 2.24) is 20.2 Å². The summed E-state index contributed by atoms with van der Waals surface area (Å²) >= 11 is 0. The summed E-state index contributed by atoms with van der Waals surface area (Å²) in [6.45, 7) is 3.76. The van der Waals surface area contributed by atoms with Crippen LogP contribution in [0.5, 0.6) is 11.5 Å². The quantitative estimate of drug-likeness (QED) is 0.607. The van der Waals surface area contributed by atoms with E-state index in [1.54, 1.807) is 30.3 Å². The molecule has 2 heterocycles. The molecule has 0 radical (unpaired) electrons. The van der Waals surface area contributed by atoms with Gasteiger partial charge in [0.1, 0.15) is 11.2 Å². The fourth-order valence-electron chi connectivity index (χ4n) is 2.62. The molecule has 3 rings (SSSR count). The molecule has 0 aliphatic rings. The second-order valence-electron chi connectivity index (χ2n) is 6.03. The van der Waals surface area contributed by atoms with Crippen LogP contribution in [-0.4, -0.2) is 34.4 Å². The van der Waals surface area contributed by atoms with Gasteiger partial charge in [-0.05, 0) is 37.6 Å². The molecule has 2 aromatic heterocycles. The van der Waals surface area contributed by atoms with Crippen molar-refractivity contribution < 1.29 is 19.1 Å². The summed E-state index contributed by atoms with van der Waals surface area (Å²) in [6, 6.07) is 10.4. The lowest BCUT2D eigenvalue weighted by Crippen LogP contribution is -2.45. The lowest BCUT2D eigenvalue weighted by atomic mass is 10.2. The number of aromatic nitrogens is 2. The molecule has 0 atom stereocenters. The number of pyridine rings is 1. The van der Waals surface area contributed by atoms with Gasteiger partial charge >= 0.3 is 0 Å². The number of nitrogens with zero attached hydrogens (tertiary/aromatic N) is 2. The first-order valence-electron chi connectivity index (χ1n) is 8.92. The van der Waals surface area contributed by atoms with Crippen LogP contribution in [0, 0.1) is 6.92 Å². The number of hydrogen-bond donors (Lipinski definition) is 2. The Kier molecular flexibility index (Phi) is 6.08. The smallest absolute Gasteiger partial charge is 0.276 e. The van der Waals surface area contributed by atoms with Crippen LogP contribution in [0.2, 0.25) is 0 Å². The third-order valence-corrected chi connectivity index (χ3v) is 4.00. The molecule has 0 aliphatic heterocycles. The number of benzene rings is 1. The molecule has 0 spiro atoms. The van der Waals surface area contributed by atoms with E-state index in [1.807, 2.05) is 19.9 Å². The predicted molar refractivity (Wildman–Crippen MR) is 105 cm³/mol. The van der Waals surface area contributed by atoms with Crippen LogP contribution in [0.1, 0.15) is 22.8 Å². The molecule has 0 aliphatic carbocycles. The highest BCUT2D eigenvalue weighted by molar-refractivity contribution is 5.95. The predicted octanol–water partition coefficient (Wildman–Crippen LogP) is 1.24. The molecular weight excluding hydrogens is 376 g/mol. The van der Waals surface area contributed by atoms with Crippen molar-refractivity contribution in [2.24, 2.45) is 0 Å². The Labute approximate surface area is 166 Å². The molecule has 9 heteroatoms. The Hall–Kier alpha value is -3.88. The van der Waals surface area contributed by atoms with E-state index < -0.39 is 17.4 Å². The van der Waals surface area contributed by atoms with E-state index in [4.69, 9.17) is 9.47 Å². The number of nitrogens with one attached hydrogen (secondary N) is 2. The van der Waals surface area contributed by atoms with Gasteiger partial charge < -0.3 is 9.47 Å². The van der Waals surface area contributed by atoms with Gasteiger partial charge in [-0.2, -0.15) is 0 Å². The number of para-hydroxylation sites is 2. The number of aryl methyl sites for hydroxylation is 1. The number of rotatable bonds is 6. The van der Waals surface area contributed by atoms with Crippen molar-refractivity contribution in [3.8, 4) is 11.5 Å². The van der Waals surface area contributed by atoms with Crippen LogP contribution < -0.4 is 25.9 Å². The van der Waals surface area contributed by atoms with Gasteiger partial charge in [0.25, 0.3) is 17.4 Å². The Morgan fingerprint density at radius 1 is 1.07 bits per heavy atom. The van der Waals surface area contributed by atoms with E-state index in [-0.39, 0.29) is 12.2 Å². The normalized spacial score (nSPS) is 10.4. The lowest BCUT2D eigenvalue weighted by molar-refractivity contribution is -0.123. The highest BCUT2D eigenvalue weighted by atomic mass is 16.5. The molecular formula is C20H20N4O5. The third kappa shape index (κ3) is 4.52. The number of carbonyl (C=O) groups excluding carboxylic acids is 2. The molecule has 9 nitrogen and oxygen atoms in total. The maximum atomic E-state index is 12.5. The molecule has 29 heavy (non-hydrogen) atoms. The highest BCUT2D eigenvalue weighted by Crippen LogP contribution is 2.26. The maximum absolute atomic E-state index is 12.5. The highest BCUT2D eigenvalue weighted by Gasteiger charge is 2.15. The lowest BCUT2D eigenvalue weighted by Gasteiger charge is -2.12. The van der Waals surface area contributed by atoms with E-state index in [9.17, 15) is 14.4 Å². The first-order valence-corrected chi connectivity index (χ1v) is 8.92. The Bertz CT molecular complexity index is 1110. The van der Waals surface area contributed by atoms with Gasteiger partial charge in [-0.3, -0.25) is 29.6 Å². The van der Waals surface area contributed by atoms with Crippen molar-refractivity contribution >= 4 is 17.5 Å². The largest absolute Gasteiger partial charge is 0.490 e. The van der Waals surface area contributed by atoms with Crippen LogP contribution in [0.15, 0.2) is 53.6 Å². The molecule has 0 bridgehead atoms. The van der Waals surface area contributed by atoms with Gasteiger partial charge in [0.05, 0.1) is 6.61 Å². The summed E-state index contributed by atoms with van der Waals surface area (Å²) < 4.78 is 12.1. The number of fused-ring (bicyclic) bond motifs is 1. The van der Waals surface area contributed by atoms with Crippen molar-refractivity contribution in [3.05, 3.63) is 70.3 Å². The van der Waals surface area contributed by atoms with E-state index in [2.05, 4.69) is 15.8 Å². The van der Waals surface area contributed by atoms with Crippen LogP contribution in [0.3, 0.4) is 0 Å². The van der Waals surface area contributed by atoms with E-state index >= 15 is 0 Å². The molecule has 0 saturated heterocycles. The second kappa shape index (κ2) is 8.87. The first-order chi connectivity index (χ1) is 14.0. The Morgan fingerprint density at radius 3 is 2.52 bits per heavy atom. The van der Waals surface area contributed by atoms with Gasteiger partial charge in [-0.25, -0.2) is 4.98 Å². The zero-order valence-electron chi connectivity index (χ0n) is 16.0. The molecule has 0 saturated carbocycles. The average molecular weight is 396 g/mol. The molecule has 0 unspecified atom stereocenters. The summed E-state index contributed by atoms with van der Waals surface area (Å²) in [5.74, 6) is -0.462. The minimum absolute atomic E-state index is 0.198. The van der Waals surface area contributed by atoms with Gasteiger partial charge in [-0.15, -0.1) is 0 Å². The molecule has 0 fully saturated rings. The van der Waals surface area contributed by atoms with E-state index in [1.165, 1.54) is 16.8 Å². The number of carbonyl (C=O) groups is 2. The Balaban J connectivity index is 1.61. The average Bonchev–Trinajstić information content (AvgIpc) is 2.72. The Morgan fingerprint density at radius 2 is 1.79 bits per heavy atom. The fourth-order valence-corrected chi connectivity index (χ4v) is 2.62. The van der Waals surface area contributed by atoms with Crippen molar-refractivity contribution in [2.45, 2.75) is 13.8 Å². The van der Waals surface area contributed by atoms with E-state index in [0.717, 1.165) is 5.56 Å². The molecule has 2 amide bonds. The number of amides is 2. The maximum Gasteiger partial charge on any atom is 0.276 e. The van der Waals surface area contributed by atoms with Gasteiger partial charge in [0.2, 0.25) is 0 Å². The zero-order chi connectivity index (χ0) is 20.8. The summed E-state index contributed by atoms with van der Waals surface area (Å²) in [5.41, 5.74) is 4.93. The number of ether oxygens (including phenoxy) is 2. The summed E-state index contributed by atoms with van der Waals surface area (Å²) in [4.78, 5) is 40.9. The van der Waals surface area contributed by atoms with Crippen LogP contribution in [0.25, 0.3) is 5.65 Å². The van der Waals surface area contributed by atoms with Crippen molar-refractivity contribution in [3.63, 3.8) is 0 Å². The fraction of sp³-hybridized carbons (Fsp3) is 0.200. The second-order valence-corrected chi connectivity index (χ2v) is 6.03. The minimum Gasteiger partial charge on any atom is -0.490 e. The minimum atomic E-state index is -0.776. The van der Waals surface area contributed by atoms with Crippen LogP contribution in [0.4, 0.5) is 0 Å².